The summed E-state index contributed by atoms with van der Waals surface area (Å²) in [6, 6.07) is 12.8. The summed E-state index contributed by atoms with van der Waals surface area (Å²) in [7, 11) is 2.06. The van der Waals surface area contributed by atoms with Gasteiger partial charge < -0.3 is 9.64 Å². The molecule has 6 heteroatoms. The molecule has 0 saturated carbocycles. The van der Waals surface area contributed by atoms with E-state index in [9.17, 15) is 4.79 Å². The molecule has 0 bridgehead atoms. The molecule has 0 aliphatic heterocycles. The van der Waals surface area contributed by atoms with Crippen LogP contribution in [0.5, 0.6) is 5.75 Å². The highest BCUT2D eigenvalue weighted by molar-refractivity contribution is 6.30. The van der Waals surface area contributed by atoms with Crippen LogP contribution in [-0.2, 0) is 6.54 Å². The molecule has 0 saturated heterocycles. The third-order valence-corrected chi connectivity index (χ3v) is 4.21. The molecule has 1 aromatic carbocycles. The number of nitrogens with zero attached hydrogens (tertiary/aromatic N) is 2. The van der Waals surface area contributed by atoms with Crippen molar-refractivity contribution in [1.29, 1.82) is 0 Å². The molecular formula is C19H21ClN3O2+. The molecule has 3 rings (SSSR count). The van der Waals surface area contributed by atoms with Gasteiger partial charge in [0.25, 0.3) is 5.56 Å². The molecule has 1 unspecified atom stereocenters. The number of likely N-dealkylation sites (N-methyl/N-ethyl adjacent to an activating group) is 1. The topological polar surface area (TPSA) is 48.0 Å². The molecule has 1 N–H and O–H groups in total. The van der Waals surface area contributed by atoms with Crippen molar-refractivity contribution in [3.05, 3.63) is 75.3 Å². The summed E-state index contributed by atoms with van der Waals surface area (Å²) < 4.78 is 7.29. The Balaban J connectivity index is 1.60. The fourth-order valence-corrected chi connectivity index (χ4v) is 2.75. The lowest BCUT2D eigenvalue weighted by Gasteiger charge is -2.14. The van der Waals surface area contributed by atoms with Gasteiger partial charge in [-0.15, -0.1) is 0 Å². The number of hydrogen-bond donors (Lipinski definition) is 1. The Kier molecular flexibility index (Phi) is 5.36. The van der Waals surface area contributed by atoms with E-state index in [2.05, 4.69) is 12.0 Å². The van der Waals surface area contributed by atoms with Gasteiger partial charge in [0, 0.05) is 17.3 Å². The summed E-state index contributed by atoms with van der Waals surface area (Å²) >= 11 is 5.86. The first-order valence-electron chi connectivity index (χ1n) is 8.20. The third-order valence-electron chi connectivity index (χ3n) is 3.95. The summed E-state index contributed by atoms with van der Waals surface area (Å²) in [5.41, 5.74) is 2.45. The molecule has 1 atom stereocenters. The average Bonchev–Trinajstić information content (AvgIpc) is 2.57. The number of quaternary nitrogens is 1. The number of rotatable bonds is 6. The lowest BCUT2D eigenvalue weighted by molar-refractivity contribution is -0.894. The molecule has 0 spiro atoms. The molecule has 2 heterocycles. The molecule has 2 aromatic heterocycles. The van der Waals surface area contributed by atoms with E-state index in [0.29, 0.717) is 23.8 Å². The van der Waals surface area contributed by atoms with Crippen LogP contribution < -0.4 is 15.2 Å². The lowest BCUT2D eigenvalue weighted by atomic mass is 10.3. The van der Waals surface area contributed by atoms with Gasteiger partial charge in [0.05, 0.1) is 7.05 Å². The monoisotopic (exact) mass is 358 g/mol. The van der Waals surface area contributed by atoms with E-state index in [1.165, 1.54) is 4.90 Å². The van der Waals surface area contributed by atoms with Crippen molar-refractivity contribution in [2.75, 3.05) is 20.2 Å². The van der Waals surface area contributed by atoms with E-state index >= 15 is 0 Å². The van der Waals surface area contributed by atoms with E-state index in [1.807, 2.05) is 49.5 Å². The van der Waals surface area contributed by atoms with Gasteiger partial charge >= 0.3 is 0 Å². The molecule has 5 nitrogen and oxygen atoms in total. The molecule has 0 amide bonds. The van der Waals surface area contributed by atoms with Gasteiger partial charge in [-0.05, 0) is 42.8 Å². The number of nitrogens with one attached hydrogen (secondary N) is 1. The zero-order valence-electron chi connectivity index (χ0n) is 14.3. The number of ether oxygens (including phenoxy) is 1. The van der Waals surface area contributed by atoms with Crippen LogP contribution in [0.15, 0.2) is 53.5 Å². The van der Waals surface area contributed by atoms with Crippen LogP contribution >= 0.6 is 11.6 Å². The van der Waals surface area contributed by atoms with E-state index in [-0.39, 0.29) is 5.56 Å². The minimum absolute atomic E-state index is 0.0473. The fourth-order valence-electron chi connectivity index (χ4n) is 2.62. The maximum Gasteiger partial charge on any atom is 0.258 e. The molecule has 25 heavy (non-hydrogen) atoms. The van der Waals surface area contributed by atoms with Gasteiger partial charge in [0.15, 0.2) is 0 Å². The van der Waals surface area contributed by atoms with Crippen LogP contribution in [0, 0.1) is 6.92 Å². The van der Waals surface area contributed by atoms with Gasteiger partial charge in [0.2, 0.25) is 0 Å². The first-order chi connectivity index (χ1) is 12.0. The van der Waals surface area contributed by atoms with Crippen LogP contribution in [-0.4, -0.2) is 29.6 Å². The first kappa shape index (κ1) is 17.5. The van der Waals surface area contributed by atoms with Crippen molar-refractivity contribution < 1.29 is 9.64 Å². The van der Waals surface area contributed by atoms with Crippen molar-refractivity contribution in [2.45, 2.75) is 13.5 Å². The number of fused-ring (bicyclic) bond motifs is 1. The van der Waals surface area contributed by atoms with Crippen LogP contribution in [0.2, 0.25) is 5.02 Å². The van der Waals surface area contributed by atoms with Gasteiger partial charge in [0.1, 0.15) is 36.8 Å². The Labute approximate surface area is 151 Å². The predicted molar refractivity (Wildman–Crippen MR) is 98.6 cm³/mol. The summed E-state index contributed by atoms with van der Waals surface area (Å²) in [6.45, 7) is 4.01. The number of aromatic nitrogens is 2. The quantitative estimate of drug-likeness (QED) is 0.730. The molecule has 0 aliphatic rings. The summed E-state index contributed by atoms with van der Waals surface area (Å²) in [4.78, 5) is 18.0. The smallest absolute Gasteiger partial charge is 0.258 e. The standard InChI is InChI=1S/C19H20ClN3O2/c1-14-3-8-18-21-16(11-19(24)23(18)12-14)13-22(2)9-10-25-17-6-4-15(20)5-7-17/h3-8,11-12H,9-10,13H2,1-2H3/p+1. The van der Waals surface area contributed by atoms with Crippen molar-refractivity contribution in [3.8, 4) is 5.75 Å². The molecule has 3 aromatic rings. The van der Waals surface area contributed by atoms with Crippen molar-refractivity contribution >= 4 is 17.2 Å². The summed E-state index contributed by atoms with van der Waals surface area (Å²) in [5.74, 6) is 0.801. The zero-order valence-corrected chi connectivity index (χ0v) is 15.1. The van der Waals surface area contributed by atoms with Crippen LogP contribution in [0.4, 0.5) is 0 Å². The summed E-state index contributed by atoms with van der Waals surface area (Å²) in [5, 5.41) is 0.693. The van der Waals surface area contributed by atoms with Crippen molar-refractivity contribution in [3.63, 3.8) is 0 Å². The molecule has 0 fully saturated rings. The largest absolute Gasteiger partial charge is 0.488 e. The Morgan fingerprint density at radius 3 is 2.72 bits per heavy atom. The zero-order chi connectivity index (χ0) is 17.8. The number of halogens is 1. The maximum absolute atomic E-state index is 12.2. The van der Waals surface area contributed by atoms with Gasteiger partial charge in [-0.2, -0.15) is 0 Å². The minimum Gasteiger partial charge on any atom is -0.488 e. The number of pyridine rings is 1. The Morgan fingerprint density at radius 1 is 1.20 bits per heavy atom. The van der Waals surface area contributed by atoms with E-state index in [0.717, 1.165) is 23.6 Å². The Bertz CT molecular complexity index is 922. The van der Waals surface area contributed by atoms with Gasteiger partial charge in [-0.3, -0.25) is 9.20 Å². The fraction of sp³-hybridized carbons (Fsp3) is 0.263. The second-order valence-corrected chi connectivity index (χ2v) is 6.64. The van der Waals surface area contributed by atoms with E-state index < -0.39 is 0 Å². The highest BCUT2D eigenvalue weighted by Gasteiger charge is 2.09. The maximum atomic E-state index is 12.2. The van der Waals surface area contributed by atoms with Crippen LogP contribution in [0.3, 0.4) is 0 Å². The molecule has 0 aliphatic carbocycles. The number of aryl methyl sites for hydroxylation is 1. The van der Waals surface area contributed by atoms with Gasteiger partial charge in [-0.1, -0.05) is 17.7 Å². The van der Waals surface area contributed by atoms with Crippen molar-refractivity contribution in [2.24, 2.45) is 0 Å². The first-order valence-corrected chi connectivity index (χ1v) is 8.58. The molecule has 0 radical (unpaired) electrons. The molecule has 130 valence electrons. The molecular weight excluding hydrogens is 338 g/mol. The van der Waals surface area contributed by atoms with Crippen molar-refractivity contribution in [1.82, 2.24) is 9.38 Å². The second-order valence-electron chi connectivity index (χ2n) is 6.21. The second kappa shape index (κ2) is 7.68. The van der Waals surface area contributed by atoms with Gasteiger partial charge in [-0.25, -0.2) is 4.98 Å². The average molecular weight is 359 g/mol. The van der Waals surface area contributed by atoms with E-state index in [4.69, 9.17) is 16.3 Å². The minimum atomic E-state index is -0.0473. The predicted octanol–water partition coefficient (Wildman–Crippen LogP) is 1.75. The summed E-state index contributed by atoms with van der Waals surface area (Å²) in [6.07, 6.45) is 1.81. The third kappa shape index (κ3) is 4.59. The normalized spacial score (nSPS) is 12.3. The Morgan fingerprint density at radius 2 is 1.96 bits per heavy atom. The Hall–Kier alpha value is -2.37. The SMILES string of the molecule is Cc1ccc2nc(C[NH+](C)CCOc3ccc(Cl)cc3)cc(=O)n2c1. The van der Waals surface area contributed by atoms with Crippen LogP contribution in [0.1, 0.15) is 11.3 Å². The highest BCUT2D eigenvalue weighted by atomic mass is 35.5. The number of benzene rings is 1. The highest BCUT2D eigenvalue weighted by Crippen LogP contribution is 2.14. The number of hydrogen-bond acceptors (Lipinski definition) is 3. The lowest BCUT2D eigenvalue weighted by Crippen LogP contribution is -3.08. The van der Waals surface area contributed by atoms with E-state index in [1.54, 1.807) is 10.5 Å². The van der Waals surface area contributed by atoms with Crippen LogP contribution in [0.25, 0.3) is 5.65 Å².